The van der Waals surface area contributed by atoms with Crippen LogP contribution in [0.25, 0.3) is 0 Å². The number of likely N-dealkylation sites (N-methyl/N-ethyl adjacent to an activating group) is 1. The molecule has 0 spiro atoms. The molecular formula is C26H41F3N4O5S. The Balaban J connectivity index is 0.000000673. The van der Waals surface area contributed by atoms with E-state index in [2.05, 4.69) is 31.0 Å². The summed E-state index contributed by atoms with van der Waals surface area (Å²) < 4.78 is 60.5. The lowest BCUT2D eigenvalue weighted by Gasteiger charge is -2.31. The Morgan fingerprint density at radius 2 is 1.72 bits per heavy atom. The summed E-state index contributed by atoms with van der Waals surface area (Å²) in [5.74, 6) is -2.20. The normalized spacial score (nSPS) is 18.8. The fourth-order valence-electron chi connectivity index (χ4n) is 4.77. The van der Waals surface area contributed by atoms with E-state index in [1.165, 1.54) is 0 Å². The largest absolute Gasteiger partial charge is 0.490 e. The quantitative estimate of drug-likeness (QED) is 0.439. The van der Waals surface area contributed by atoms with Gasteiger partial charge in [0.15, 0.2) is 0 Å². The zero-order chi connectivity index (χ0) is 29.2. The summed E-state index contributed by atoms with van der Waals surface area (Å²) >= 11 is 0. The second kappa shape index (κ2) is 15.0. The molecule has 1 atom stereocenters. The number of aliphatic carboxylic acids is 1. The van der Waals surface area contributed by atoms with E-state index >= 15 is 0 Å². The molecule has 2 heterocycles. The number of alkyl halides is 3. The molecule has 222 valence electrons. The van der Waals surface area contributed by atoms with Gasteiger partial charge >= 0.3 is 12.1 Å². The summed E-state index contributed by atoms with van der Waals surface area (Å²) in [4.78, 5) is 26.1. The number of carbonyl (C=O) groups is 2. The first-order chi connectivity index (χ1) is 18.3. The van der Waals surface area contributed by atoms with Crippen molar-refractivity contribution in [2.45, 2.75) is 63.6 Å². The third kappa shape index (κ3) is 10.4. The standard InChI is InChI=1S/C24H40N4O3S.C2HF3O2/c1-4-26-14-5-6-22(26)19-28(15-11-24(29)27-16-12-25-13-17-27)32(30,31)23-9-7-21(8-10-23)18-20(2)3;3-2(4,5)1(6)7/h7-10,20,22,25H,4-6,11-19H2,1-3H3;(H,6,7). The maximum atomic E-state index is 13.6. The number of hydrogen-bond acceptors (Lipinski definition) is 6. The molecule has 2 aliphatic rings. The van der Waals surface area contributed by atoms with Gasteiger partial charge in [-0.15, -0.1) is 0 Å². The molecule has 0 bridgehead atoms. The van der Waals surface area contributed by atoms with Gasteiger partial charge in [0.2, 0.25) is 15.9 Å². The van der Waals surface area contributed by atoms with Gasteiger partial charge in [-0.25, -0.2) is 13.2 Å². The summed E-state index contributed by atoms with van der Waals surface area (Å²) in [6.07, 6.45) is -1.84. The van der Waals surface area contributed by atoms with Crippen LogP contribution in [-0.4, -0.2) is 104 Å². The Morgan fingerprint density at radius 3 is 2.23 bits per heavy atom. The number of amides is 1. The molecule has 0 aromatic heterocycles. The van der Waals surface area contributed by atoms with E-state index in [0.29, 0.717) is 30.4 Å². The first-order valence-electron chi connectivity index (χ1n) is 13.4. The number of likely N-dealkylation sites (tertiary alicyclic amines) is 1. The topological polar surface area (TPSA) is 110 Å². The van der Waals surface area contributed by atoms with E-state index in [1.54, 1.807) is 16.4 Å². The number of nitrogens with one attached hydrogen (secondary N) is 1. The molecule has 3 rings (SSSR count). The minimum atomic E-state index is -5.08. The summed E-state index contributed by atoms with van der Waals surface area (Å²) in [7, 11) is -3.67. The molecule has 2 fully saturated rings. The smallest absolute Gasteiger partial charge is 0.475 e. The van der Waals surface area contributed by atoms with E-state index in [0.717, 1.165) is 51.0 Å². The van der Waals surface area contributed by atoms with Gasteiger partial charge in [-0.05, 0) is 56.0 Å². The van der Waals surface area contributed by atoms with Gasteiger partial charge in [-0.3, -0.25) is 9.69 Å². The summed E-state index contributed by atoms with van der Waals surface area (Å²) in [6, 6.07) is 7.51. The molecule has 1 amide bonds. The van der Waals surface area contributed by atoms with E-state index in [1.807, 2.05) is 17.0 Å². The molecule has 1 unspecified atom stereocenters. The highest BCUT2D eigenvalue weighted by molar-refractivity contribution is 7.89. The van der Waals surface area contributed by atoms with Crippen LogP contribution in [0, 0.1) is 5.92 Å². The number of halogens is 3. The number of benzene rings is 1. The van der Waals surface area contributed by atoms with E-state index in [9.17, 15) is 26.4 Å². The van der Waals surface area contributed by atoms with Crippen molar-refractivity contribution in [1.29, 1.82) is 0 Å². The molecule has 2 N–H and O–H groups in total. The fourth-order valence-corrected chi connectivity index (χ4v) is 6.25. The number of carboxylic acid groups (broad SMARTS) is 1. The van der Waals surface area contributed by atoms with Gasteiger partial charge in [-0.1, -0.05) is 32.9 Å². The zero-order valence-corrected chi connectivity index (χ0v) is 23.7. The lowest BCUT2D eigenvalue weighted by Crippen LogP contribution is -2.48. The number of nitrogens with zero attached hydrogens (tertiary/aromatic N) is 3. The highest BCUT2D eigenvalue weighted by atomic mass is 32.2. The molecule has 9 nitrogen and oxygen atoms in total. The Labute approximate surface area is 229 Å². The lowest BCUT2D eigenvalue weighted by molar-refractivity contribution is -0.192. The van der Waals surface area contributed by atoms with Gasteiger partial charge < -0.3 is 15.3 Å². The van der Waals surface area contributed by atoms with Crippen molar-refractivity contribution in [1.82, 2.24) is 19.4 Å². The minimum absolute atomic E-state index is 0.0396. The Hall–Kier alpha value is -2.22. The maximum absolute atomic E-state index is 13.6. The lowest BCUT2D eigenvalue weighted by atomic mass is 10.0. The SMILES string of the molecule is CCN1CCCC1CN(CCC(=O)N1CCNCC1)S(=O)(=O)c1ccc(CC(C)C)cc1.O=C(O)C(F)(F)F. The number of hydrogen-bond donors (Lipinski definition) is 2. The molecule has 2 aliphatic heterocycles. The first kappa shape index (κ1) is 33.0. The van der Waals surface area contributed by atoms with Gasteiger partial charge in [0, 0.05) is 51.7 Å². The molecular weight excluding hydrogens is 537 g/mol. The van der Waals surface area contributed by atoms with Crippen LogP contribution in [0.5, 0.6) is 0 Å². The zero-order valence-electron chi connectivity index (χ0n) is 22.9. The van der Waals surface area contributed by atoms with Crippen LogP contribution < -0.4 is 5.32 Å². The first-order valence-corrected chi connectivity index (χ1v) is 14.8. The monoisotopic (exact) mass is 578 g/mol. The van der Waals surface area contributed by atoms with E-state index in [4.69, 9.17) is 9.90 Å². The van der Waals surface area contributed by atoms with E-state index in [-0.39, 0.29) is 24.9 Å². The van der Waals surface area contributed by atoms with Crippen molar-refractivity contribution in [2.24, 2.45) is 5.92 Å². The number of sulfonamides is 1. The predicted molar refractivity (Wildman–Crippen MR) is 142 cm³/mol. The molecule has 39 heavy (non-hydrogen) atoms. The molecule has 13 heteroatoms. The second-order valence-corrected chi connectivity index (χ2v) is 12.2. The third-order valence-electron chi connectivity index (χ3n) is 6.81. The van der Waals surface area contributed by atoms with Crippen molar-refractivity contribution >= 4 is 21.9 Å². The maximum Gasteiger partial charge on any atom is 0.490 e. The summed E-state index contributed by atoms with van der Waals surface area (Å²) in [5.41, 5.74) is 1.15. The van der Waals surface area contributed by atoms with Crippen LogP contribution in [0.4, 0.5) is 13.2 Å². The molecule has 2 saturated heterocycles. The van der Waals surface area contributed by atoms with Crippen LogP contribution in [0.2, 0.25) is 0 Å². The van der Waals surface area contributed by atoms with Crippen molar-refractivity contribution < 1.29 is 36.3 Å². The molecule has 1 aromatic carbocycles. The molecule has 0 radical (unpaired) electrons. The van der Waals surface area contributed by atoms with Crippen LogP contribution in [0.3, 0.4) is 0 Å². The van der Waals surface area contributed by atoms with Gasteiger partial charge in [0.25, 0.3) is 0 Å². The minimum Gasteiger partial charge on any atom is -0.475 e. The highest BCUT2D eigenvalue weighted by Gasteiger charge is 2.38. The number of carboxylic acids is 1. The second-order valence-electron chi connectivity index (χ2n) is 10.2. The summed E-state index contributed by atoms with van der Waals surface area (Å²) in [6.45, 7) is 12.0. The average molecular weight is 579 g/mol. The van der Waals surface area contributed by atoms with E-state index < -0.39 is 22.2 Å². The van der Waals surface area contributed by atoms with Crippen molar-refractivity contribution in [3.63, 3.8) is 0 Å². The van der Waals surface area contributed by atoms with Gasteiger partial charge in [0.05, 0.1) is 4.90 Å². The Morgan fingerprint density at radius 1 is 1.13 bits per heavy atom. The van der Waals surface area contributed by atoms with Crippen LogP contribution in [-0.2, 0) is 26.0 Å². The van der Waals surface area contributed by atoms with Crippen molar-refractivity contribution in [3.8, 4) is 0 Å². The average Bonchev–Trinajstić information content (AvgIpc) is 3.33. The Kier molecular flexibility index (Phi) is 12.7. The third-order valence-corrected chi connectivity index (χ3v) is 8.69. The fraction of sp³-hybridized carbons (Fsp3) is 0.692. The van der Waals surface area contributed by atoms with Crippen LogP contribution in [0.15, 0.2) is 29.2 Å². The van der Waals surface area contributed by atoms with Crippen LogP contribution >= 0.6 is 0 Å². The highest BCUT2D eigenvalue weighted by Crippen LogP contribution is 2.23. The number of carbonyl (C=O) groups excluding carboxylic acids is 1. The number of rotatable bonds is 10. The van der Waals surface area contributed by atoms with Crippen LogP contribution in [0.1, 0.15) is 45.6 Å². The number of piperazine rings is 1. The molecule has 0 aliphatic carbocycles. The van der Waals surface area contributed by atoms with Crippen molar-refractivity contribution in [3.05, 3.63) is 29.8 Å². The van der Waals surface area contributed by atoms with Gasteiger partial charge in [0.1, 0.15) is 0 Å². The molecule has 1 aromatic rings. The van der Waals surface area contributed by atoms with Crippen molar-refractivity contribution in [2.75, 3.05) is 52.4 Å². The predicted octanol–water partition coefficient (Wildman–Crippen LogP) is 2.82. The van der Waals surface area contributed by atoms with Gasteiger partial charge in [-0.2, -0.15) is 17.5 Å². The molecule has 0 saturated carbocycles. The Bertz CT molecular complexity index is 1030. The summed E-state index contributed by atoms with van der Waals surface area (Å²) in [5, 5.41) is 10.4.